The van der Waals surface area contributed by atoms with Crippen LogP contribution in [0.1, 0.15) is 25.3 Å². The average molecular weight is 346 g/mol. The second-order valence-electron chi connectivity index (χ2n) is 7.49. The van der Waals surface area contributed by atoms with Crippen LogP contribution in [0, 0.1) is 5.92 Å². The van der Waals surface area contributed by atoms with Gasteiger partial charge < -0.3 is 25.5 Å². The Kier molecular flexibility index (Phi) is 5.81. The number of hydrogen-bond donors (Lipinski definition) is 3. The number of nitrogens with zero attached hydrogens (tertiary/aromatic N) is 2. The van der Waals surface area contributed by atoms with Crippen molar-refractivity contribution in [1.82, 2.24) is 10.2 Å². The van der Waals surface area contributed by atoms with Crippen LogP contribution in [-0.4, -0.2) is 61.9 Å². The van der Waals surface area contributed by atoms with Crippen molar-refractivity contribution in [2.75, 3.05) is 50.0 Å². The molecule has 6 nitrogen and oxygen atoms in total. The summed E-state index contributed by atoms with van der Waals surface area (Å²) < 4.78 is 0. The zero-order valence-corrected chi connectivity index (χ0v) is 15.3. The molecule has 1 atom stereocenters. The third-order valence-electron chi connectivity index (χ3n) is 5.31. The lowest BCUT2D eigenvalue weighted by Gasteiger charge is -2.31. The maximum Gasteiger partial charge on any atom is 0.319 e. The molecule has 25 heavy (non-hydrogen) atoms. The largest absolute Gasteiger partial charge is 0.390 e. The van der Waals surface area contributed by atoms with Crippen molar-refractivity contribution in [2.45, 2.75) is 32.3 Å². The second kappa shape index (κ2) is 8.06. The number of likely N-dealkylation sites (N-methyl/N-ethyl adjacent to an activating group) is 1. The number of urea groups is 1. The number of β-amino-alcohol motifs (C(OH)–C–C–N with tert-alkyl or cyclic N) is 1. The van der Waals surface area contributed by atoms with E-state index < -0.39 is 6.10 Å². The van der Waals surface area contributed by atoms with Crippen LogP contribution in [0.2, 0.25) is 0 Å². The molecule has 2 aliphatic rings. The predicted octanol–water partition coefficient (Wildman–Crippen LogP) is 1.89. The topological polar surface area (TPSA) is 67.8 Å². The number of carbonyl (C=O) groups excluding carboxylic acids is 1. The number of rotatable bonds is 5. The fraction of sp³-hybridized carbons (Fsp3) is 0.632. The highest BCUT2D eigenvalue weighted by Crippen LogP contribution is 2.29. The van der Waals surface area contributed by atoms with E-state index in [1.807, 2.05) is 12.1 Å². The number of piperidine rings is 1. The molecule has 1 aromatic carbocycles. The molecule has 1 fully saturated rings. The summed E-state index contributed by atoms with van der Waals surface area (Å²) >= 11 is 0. The Morgan fingerprint density at radius 2 is 2.08 bits per heavy atom. The number of amides is 2. The molecule has 1 unspecified atom stereocenters. The minimum Gasteiger partial charge on any atom is -0.390 e. The summed E-state index contributed by atoms with van der Waals surface area (Å²) in [6.45, 7) is 6.25. The van der Waals surface area contributed by atoms with E-state index in [-0.39, 0.29) is 12.6 Å². The Balaban J connectivity index is 1.41. The summed E-state index contributed by atoms with van der Waals surface area (Å²) in [5.74, 6) is 0.781. The van der Waals surface area contributed by atoms with Crippen molar-refractivity contribution < 1.29 is 9.90 Å². The third kappa shape index (κ3) is 4.86. The minimum atomic E-state index is -0.537. The molecule has 0 radical (unpaired) electrons. The standard InChI is InChI=1S/C19H30N4O2/c1-14-5-9-23(10-6-14)13-17(24)12-20-19(25)21-16-4-3-15-7-8-22(2)18(15)11-16/h3-4,11,14,17,24H,5-10,12-13H2,1-2H3,(H2,20,21,25). The molecule has 3 rings (SSSR count). The molecule has 0 spiro atoms. The van der Waals surface area contributed by atoms with Crippen molar-refractivity contribution in [3.63, 3.8) is 0 Å². The molecule has 2 heterocycles. The number of benzene rings is 1. The van der Waals surface area contributed by atoms with Gasteiger partial charge in [0.15, 0.2) is 0 Å². The summed E-state index contributed by atoms with van der Waals surface area (Å²) in [6.07, 6.45) is 2.89. The molecule has 6 heteroatoms. The maximum absolute atomic E-state index is 12.1. The van der Waals surface area contributed by atoms with Crippen LogP contribution >= 0.6 is 0 Å². The lowest BCUT2D eigenvalue weighted by atomic mass is 9.99. The van der Waals surface area contributed by atoms with E-state index in [4.69, 9.17) is 0 Å². The van der Waals surface area contributed by atoms with Crippen LogP contribution in [0.15, 0.2) is 18.2 Å². The van der Waals surface area contributed by atoms with Crippen molar-refractivity contribution in [2.24, 2.45) is 5.92 Å². The maximum atomic E-state index is 12.1. The number of likely N-dealkylation sites (tertiary alicyclic amines) is 1. The van der Waals surface area contributed by atoms with Gasteiger partial charge in [-0.05, 0) is 56.0 Å². The van der Waals surface area contributed by atoms with Crippen molar-refractivity contribution in [3.8, 4) is 0 Å². The van der Waals surface area contributed by atoms with Crippen LogP contribution in [0.4, 0.5) is 16.2 Å². The molecule has 138 valence electrons. The summed E-state index contributed by atoms with van der Waals surface area (Å²) in [4.78, 5) is 16.5. The van der Waals surface area contributed by atoms with Crippen LogP contribution < -0.4 is 15.5 Å². The molecular weight excluding hydrogens is 316 g/mol. The molecule has 0 saturated carbocycles. The fourth-order valence-corrected chi connectivity index (χ4v) is 3.61. The molecular formula is C19H30N4O2. The number of anilines is 2. The molecule has 0 aromatic heterocycles. The van der Waals surface area contributed by atoms with Gasteiger partial charge in [0, 0.05) is 38.1 Å². The fourth-order valence-electron chi connectivity index (χ4n) is 3.61. The molecule has 0 bridgehead atoms. The van der Waals surface area contributed by atoms with Gasteiger partial charge in [-0.1, -0.05) is 13.0 Å². The predicted molar refractivity (Wildman–Crippen MR) is 101 cm³/mol. The quantitative estimate of drug-likeness (QED) is 0.762. The van der Waals surface area contributed by atoms with Gasteiger partial charge in [-0.25, -0.2) is 4.79 Å². The van der Waals surface area contributed by atoms with Gasteiger partial charge in [0.05, 0.1) is 6.10 Å². The van der Waals surface area contributed by atoms with Crippen LogP contribution in [-0.2, 0) is 6.42 Å². The minimum absolute atomic E-state index is 0.267. The van der Waals surface area contributed by atoms with E-state index in [9.17, 15) is 9.90 Å². The first-order chi connectivity index (χ1) is 12.0. The Bertz CT molecular complexity index is 599. The second-order valence-corrected chi connectivity index (χ2v) is 7.49. The zero-order chi connectivity index (χ0) is 17.8. The summed E-state index contributed by atoms with van der Waals surface area (Å²) in [5.41, 5.74) is 3.28. The average Bonchev–Trinajstić information content (AvgIpc) is 2.96. The van der Waals surface area contributed by atoms with Crippen LogP contribution in [0.25, 0.3) is 0 Å². The number of aliphatic hydroxyl groups is 1. The van der Waals surface area contributed by atoms with Gasteiger partial charge in [0.2, 0.25) is 0 Å². The summed E-state index contributed by atoms with van der Waals surface area (Å²) in [5, 5.41) is 15.8. The normalized spacial score (nSPS) is 19.6. The van der Waals surface area contributed by atoms with Crippen LogP contribution in [0.3, 0.4) is 0 Å². The lowest BCUT2D eigenvalue weighted by molar-refractivity contribution is 0.0924. The number of nitrogens with one attached hydrogen (secondary N) is 2. The van der Waals surface area contributed by atoms with E-state index in [0.717, 1.165) is 37.7 Å². The first kappa shape index (κ1) is 18.0. The Morgan fingerprint density at radius 1 is 1.32 bits per heavy atom. The van der Waals surface area contributed by atoms with E-state index in [0.29, 0.717) is 6.54 Å². The third-order valence-corrected chi connectivity index (χ3v) is 5.31. The molecule has 2 amide bonds. The number of aliphatic hydroxyl groups excluding tert-OH is 1. The first-order valence-corrected chi connectivity index (χ1v) is 9.30. The van der Waals surface area contributed by atoms with Crippen molar-refractivity contribution >= 4 is 17.4 Å². The van der Waals surface area contributed by atoms with Gasteiger partial charge in [0.1, 0.15) is 0 Å². The van der Waals surface area contributed by atoms with Gasteiger partial charge in [-0.15, -0.1) is 0 Å². The van der Waals surface area contributed by atoms with Gasteiger partial charge in [0.25, 0.3) is 0 Å². The van der Waals surface area contributed by atoms with Gasteiger partial charge in [-0.3, -0.25) is 0 Å². The summed E-state index contributed by atoms with van der Waals surface area (Å²) in [6, 6.07) is 5.74. The SMILES string of the molecule is CC1CCN(CC(O)CNC(=O)Nc2ccc3c(c2)N(C)CC3)CC1. The monoisotopic (exact) mass is 346 g/mol. The summed E-state index contributed by atoms with van der Waals surface area (Å²) in [7, 11) is 2.06. The Hall–Kier alpha value is -1.79. The highest BCUT2D eigenvalue weighted by atomic mass is 16.3. The van der Waals surface area contributed by atoms with E-state index in [2.05, 4.69) is 40.5 Å². The smallest absolute Gasteiger partial charge is 0.319 e. The van der Waals surface area contributed by atoms with Crippen molar-refractivity contribution in [3.05, 3.63) is 23.8 Å². The highest BCUT2D eigenvalue weighted by Gasteiger charge is 2.19. The van der Waals surface area contributed by atoms with E-state index in [1.165, 1.54) is 24.1 Å². The lowest BCUT2D eigenvalue weighted by Crippen LogP contribution is -2.43. The number of fused-ring (bicyclic) bond motifs is 1. The van der Waals surface area contributed by atoms with Gasteiger partial charge in [-0.2, -0.15) is 0 Å². The number of carbonyl (C=O) groups is 1. The molecule has 0 aliphatic carbocycles. The van der Waals surface area contributed by atoms with Gasteiger partial charge >= 0.3 is 6.03 Å². The van der Waals surface area contributed by atoms with E-state index >= 15 is 0 Å². The zero-order valence-electron chi connectivity index (χ0n) is 15.3. The molecule has 1 aromatic rings. The number of hydrogen-bond acceptors (Lipinski definition) is 4. The van der Waals surface area contributed by atoms with E-state index in [1.54, 1.807) is 0 Å². The first-order valence-electron chi connectivity index (χ1n) is 9.30. The van der Waals surface area contributed by atoms with Crippen LogP contribution in [0.5, 0.6) is 0 Å². The molecule has 2 aliphatic heterocycles. The van der Waals surface area contributed by atoms with Crippen molar-refractivity contribution in [1.29, 1.82) is 0 Å². The molecule has 3 N–H and O–H groups in total. The highest BCUT2D eigenvalue weighted by molar-refractivity contribution is 5.90. The molecule has 1 saturated heterocycles. The Morgan fingerprint density at radius 3 is 2.84 bits per heavy atom. The Labute approximate surface area is 150 Å².